The molecule has 4 nitrogen and oxygen atoms in total. The topological polar surface area (TPSA) is 55.4 Å². The van der Waals surface area contributed by atoms with Gasteiger partial charge in [0.1, 0.15) is 5.82 Å². The highest BCUT2D eigenvalue weighted by Crippen LogP contribution is 2.21. The van der Waals surface area contributed by atoms with Crippen molar-refractivity contribution >= 4 is 29.2 Å². The normalized spacial score (nSPS) is 10.5. The first-order valence-electron chi connectivity index (χ1n) is 6.95. The second kappa shape index (κ2) is 7.24. The number of hydrogen-bond acceptors (Lipinski definition) is 3. The lowest BCUT2D eigenvalue weighted by molar-refractivity contribution is 0.0378. The number of halogens is 2. The largest absolute Gasteiger partial charge is 0.459 e. The minimum Gasteiger partial charge on any atom is -0.459 e. The Labute approximate surface area is 138 Å². The van der Waals surface area contributed by atoms with Gasteiger partial charge in [0.2, 0.25) is 0 Å². The highest BCUT2D eigenvalue weighted by molar-refractivity contribution is 6.34. The summed E-state index contributed by atoms with van der Waals surface area (Å²) in [4.78, 5) is 23.8. The van der Waals surface area contributed by atoms with Crippen LogP contribution in [-0.4, -0.2) is 18.0 Å². The van der Waals surface area contributed by atoms with Gasteiger partial charge in [-0.1, -0.05) is 17.7 Å². The molecule has 6 heteroatoms. The molecule has 0 aliphatic heterocycles. The quantitative estimate of drug-likeness (QED) is 0.848. The first-order chi connectivity index (χ1) is 10.9. The van der Waals surface area contributed by atoms with Gasteiger partial charge in [0, 0.05) is 5.69 Å². The van der Waals surface area contributed by atoms with Crippen molar-refractivity contribution in [3.05, 3.63) is 64.4 Å². The van der Waals surface area contributed by atoms with Crippen molar-refractivity contribution in [2.75, 3.05) is 5.32 Å². The summed E-state index contributed by atoms with van der Waals surface area (Å²) in [7, 11) is 0. The zero-order valence-corrected chi connectivity index (χ0v) is 13.4. The molecule has 0 aliphatic carbocycles. The second-order valence-corrected chi connectivity index (χ2v) is 5.49. The predicted octanol–water partition coefficient (Wildman–Crippen LogP) is 4.30. The van der Waals surface area contributed by atoms with Crippen molar-refractivity contribution in [1.82, 2.24) is 0 Å². The first-order valence-corrected chi connectivity index (χ1v) is 7.32. The molecule has 1 amide bonds. The third-order valence-corrected chi connectivity index (χ3v) is 3.23. The van der Waals surface area contributed by atoms with Crippen LogP contribution in [0.5, 0.6) is 0 Å². The molecule has 2 aromatic rings. The molecular weight excluding hydrogens is 321 g/mol. The van der Waals surface area contributed by atoms with Crippen LogP contribution in [0.1, 0.15) is 34.6 Å². The van der Waals surface area contributed by atoms with Gasteiger partial charge in [-0.05, 0) is 50.2 Å². The molecule has 0 radical (unpaired) electrons. The summed E-state index contributed by atoms with van der Waals surface area (Å²) >= 11 is 5.84. The molecule has 23 heavy (non-hydrogen) atoms. The van der Waals surface area contributed by atoms with Crippen molar-refractivity contribution < 1.29 is 18.7 Å². The highest BCUT2D eigenvalue weighted by atomic mass is 35.5. The number of anilines is 1. The molecule has 2 aromatic carbocycles. The number of carbonyl (C=O) groups excluding carboxylic acids is 2. The van der Waals surface area contributed by atoms with Gasteiger partial charge in [-0.15, -0.1) is 0 Å². The average Bonchev–Trinajstić information content (AvgIpc) is 2.47. The Morgan fingerprint density at radius 2 is 1.78 bits per heavy atom. The molecule has 0 saturated carbocycles. The Kier molecular flexibility index (Phi) is 5.34. The van der Waals surface area contributed by atoms with Crippen LogP contribution in [0.25, 0.3) is 0 Å². The highest BCUT2D eigenvalue weighted by Gasteiger charge is 2.16. The standard InChI is InChI=1S/C17H15ClFNO3/c1-10(2)23-17(22)11-6-8-12(9-7-11)20-16(21)15-13(18)4-3-5-14(15)19/h3-10H,1-2H3,(H,20,21). The maximum absolute atomic E-state index is 13.7. The molecule has 0 atom stereocenters. The van der Waals surface area contributed by atoms with Crippen LogP contribution in [0.2, 0.25) is 5.02 Å². The molecule has 1 N–H and O–H groups in total. The number of benzene rings is 2. The summed E-state index contributed by atoms with van der Waals surface area (Å²) in [6.45, 7) is 3.51. The van der Waals surface area contributed by atoms with Crippen LogP contribution in [0.15, 0.2) is 42.5 Å². The van der Waals surface area contributed by atoms with Gasteiger partial charge in [0.15, 0.2) is 0 Å². The van der Waals surface area contributed by atoms with E-state index in [1.165, 1.54) is 36.4 Å². The van der Waals surface area contributed by atoms with Gasteiger partial charge in [0.05, 0.1) is 22.3 Å². The van der Waals surface area contributed by atoms with E-state index in [-0.39, 0.29) is 16.7 Å². The van der Waals surface area contributed by atoms with Gasteiger partial charge in [-0.3, -0.25) is 4.79 Å². The van der Waals surface area contributed by atoms with E-state index >= 15 is 0 Å². The van der Waals surface area contributed by atoms with E-state index < -0.39 is 17.7 Å². The summed E-state index contributed by atoms with van der Waals surface area (Å²) < 4.78 is 18.8. The van der Waals surface area contributed by atoms with Crippen LogP contribution in [0.3, 0.4) is 0 Å². The lowest BCUT2D eigenvalue weighted by Gasteiger charge is -2.10. The minimum atomic E-state index is -0.702. The van der Waals surface area contributed by atoms with Crippen LogP contribution >= 0.6 is 11.6 Å². The van der Waals surface area contributed by atoms with Gasteiger partial charge in [-0.25, -0.2) is 9.18 Å². The Hall–Kier alpha value is -2.40. The van der Waals surface area contributed by atoms with E-state index in [1.807, 2.05) is 0 Å². The lowest BCUT2D eigenvalue weighted by Crippen LogP contribution is -2.15. The summed E-state index contributed by atoms with van der Waals surface area (Å²) in [6, 6.07) is 10.1. The average molecular weight is 336 g/mol. The monoisotopic (exact) mass is 335 g/mol. The van der Waals surface area contributed by atoms with Crippen LogP contribution in [-0.2, 0) is 4.74 Å². The zero-order chi connectivity index (χ0) is 17.0. The third kappa shape index (κ3) is 4.29. The van der Waals surface area contributed by atoms with E-state index in [4.69, 9.17) is 16.3 Å². The minimum absolute atomic E-state index is 0.0274. The SMILES string of the molecule is CC(C)OC(=O)c1ccc(NC(=O)c2c(F)cccc2Cl)cc1. The summed E-state index contributed by atoms with van der Waals surface area (Å²) in [5.74, 6) is -1.81. The van der Waals surface area contributed by atoms with Gasteiger partial charge in [-0.2, -0.15) is 0 Å². The van der Waals surface area contributed by atoms with Crippen molar-refractivity contribution in [2.24, 2.45) is 0 Å². The summed E-state index contributed by atoms with van der Waals surface area (Å²) in [5, 5.41) is 2.56. The molecule has 120 valence electrons. The fraction of sp³-hybridized carbons (Fsp3) is 0.176. The van der Waals surface area contributed by atoms with E-state index in [0.717, 1.165) is 6.07 Å². The van der Waals surface area contributed by atoms with Crippen LogP contribution < -0.4 is 5.32 Å². The Morgan fingerprint density at radius 1 is 1.13 bits per heavy atom. The first kappa shape index (κ1) is 17.0. The molecule has 0 aliphatic rings. The zero-order valence-electron chi connectivity index (χ0n) is 12.6. The van der Waals surface area contributed by atoms with E-state index in [1.54, 1.807) is 13.8 Å². The molecule has 2 rings (SSSR count). The van der Waals surface area contributed by atoms with Gasteiger partial charge < -0.3 is 10.1 Å². The van der Waals surface area contributed by atoms with E-state index in [9.17, 15) is 14.0 Å². The summed E-state index contributed by atoms with van der Waals surface area (Å²) in [5.41, 5.74) is 0.550. The van der Waals surface area contributed by atoms with Crippen LogP contribution in [0.4, 0.5) is 10.1 Å². The van der Waals surface area contributed by atoms with E-state index in [2.05, 4.69) is 5.32 Å². The fourth-order valence-corrected chi connectivity index (χ4v) is 2.13. The molecule has 0 saturated heterocycles. The van der Waals surface area contributed by atoms with Crippen LogP contribution in [0, 0.1) is 5.82 Å². The Balaban J connectivity index is 2.12. The Morgan fingerprint density at radius 3 is 2.35 bits per heavy atom. The molecule has 0 heterocycles. The van der Waals surface area contributed by atoms with Crippen molar-refractivity contribution in [3.8, 4) is 0 Å². The molecular formula is C17H15ClFNO3. The maximum Gasteiger partial charge on any atom is 0.338 e. The van der Waals surface area contributed by atoms with Crippen molar-refractivity contribution in [2.45, 2.75) is 20.0 Å². The van der Waals surface area contributed by atoms with E-state index in [0.29, 0.717) is 11.3 Å². The number of amides is 1. The number of nitrogens with one attached hydrogen (secondary N) is 1. The number of hydrogen-bond donors (Lipinski definition) is 1. The summed E-state index contributed by atoms with van der Waals surface area (Å²) in [6.07, 6.45) is -0.218. The number of rotatable bonds is 4. The lowest BCUT2D eigenvalue weighted by atomic mass is 10.1. The number of carbonyl (C=O) groups is 2. The Bertz CT molecular complexity index is 709. The molecule has 0 aromatic heterocycles. The predicted molar refractivity (Wildman–Crippen MR) is 86.4 cm³/mol. The number of ether oxygens (including phenoxy) is 1. The van der Waals surface area contributed by atoms with Gasteiger partial charge >= 0.3 is 5.97 Å². The van der Waals surface area contributed by atoms with Crippen molar-refractivity contribution in [1.29, 1.82) is 0 Å². The fourth-order valence-electron chi connectivity index (χ4n) is 1.88. The smallest absolute Gasteiger partial charge is 0.338 e. The molecule has 0 bridgehead atoms. The van der Waals surface area contributed by atoms with Gasteiger partial charge in [0.25, 0.3) is 5.91 Å². The number of esters is 1. The second-order valence-electron chi connectivity index (χ2n) is 5.08. The molecule has 0 fully saturated rings. The third-order valence-electron chi connectivity index (χ3n) is 2.91. The molecule has 0 unspecified atom stereocenters. The van der Waals surface area contributed by atoms with Crippen molar-refractivity contribution in [3.63, 3.8) is 0 Å². The molecule has 0 spiro atoms. The maximum atomic E-state index is 13.7.